The molecule has 124 valence electrons. The summed E-state index contributed by atoms with van der Waals surface area (Å²) in [6, 6.07) is 17.5. The van der Waals surface area contributed by atoms with Gasteiger partial charge >= 0.3 is 0 Å². The average Bonchev–Trinajstić information content (AvgIpc) is 3.00. The van der Waals surface area contributed by atoms with Crippen LogP contribution >= 0.6 is 11.6 Å². The number of likely N-dealkylation sites (N-methyl/N-ethyl adjacent to an activating group) is 1. The molecule has 0 bridgehead atoms. The third-order valence-electron chi connectivity index (χ3n) is 3.92. The minimum Gasteiger partial charge on any atom is -0.356 e. The summed E-state index contributed by atoms with van der Waals surface area (Å²) < 4.78 is 13.2. The van der Waals surface area contributed by atoms with E-state index in [1.54, 1.807) is 24.3 Å². The molecule has 0 radical (unpaired) electrons. The summed E-state index contributed by atoms with van der Waals surface area (Å²) in [6.07, 6.45) is 0. The number of benzene rings is 2. The zero-order chi connectivity index (χ0) is 17.2. The van der Waals surface area contributed by atoms with E-state index >= 15 is 0 Å². The van der Waals surface area contributed by atoms with Crippen LogP contribution in [-0.4, -0.2) is 27.4 Å². The third-order valence-corrected chi connectivity index (χ3v) is 6.39. The van der Waals surface area contributed by atoms with Gasteiger partial charge in [0.25, 0.3) is 10.8 Å². The van der Waals surface area contributed by atoms with Gasteiger partial charge in [0.15, 0.2) is 0 Å². The lowest BCUT2D eigenvalue weighted by Gasteiger charge is -2.27. The molecular formula is C17H16ClN3O2S. The van der Waals surface area contributed by atoms with Crippen molar-refractivity contribution in [2.24, 2.45) is 10.2 Å². The van der Waals surface area contributed by atoms with Gasteiger partial charge in [0, 0.05) is 11.9 Å². The predicted octanol–water partition coefficient (Wildman–Crippen LogP) is 3.05. The molecule has 1 aliphatic heterocycles. The Labute approximate surface area is 147 Å². The van der Waals surface area contributed by atoms with E-state index in [-0.39, 0.29) is 0 Å². The Hall–Kier alpha value is -2.05. The molecule has 0 spiro atoms. The van der Waals surface area contributed by atoms with Crippen LogP contribution in [0.3, 0.4) is 0 Å². The second-order valence-corrected chi connectivity index (χ2v) is 7.43. The highest BCUT2D eigenvalue weighted by Crippen LogP contribution is 2.45. The topological polar surface area (TPSA) is 70.9 Å². The number of carbonyl (C=O) groups excluding carboxylic acids is 1. The van der Waals surface area contributed by atoms with Crippen LogP contribution in [0.2, 0.25) is 0 Å². The maximum Gasteiger partial charge on any atom is 0.264 e. The quantitative estimate of drug-likeness (QED) is 0.850. The van der Waals surface area contributed by atoms with E-state index in [1.165, 1.54) is 7.05 Å². The van der Waals surface area contributed by atoms with Gasteiger partial charge in [-0.25, -0.2) is 0 Å². The fourth-order valence-corrected chi connectivity index (χ4v) is 4.73. The van der Waals surface area contributed by atoms with Gasteiger partial charge in [-0.2, -0.15) is 10.2 Å². The van der Waals surface area contributed by atoms with Crippen LogP contribution in [0.15, 0.2) is 75.8 Å². The van der Waals surface area contributed by atoms with Gasteiger partial charge in [-0.1, -0.05) is 48.5 Å². The minimum absolute atomic E-state index is 0.486. The molecule has 0 fully saturated rings. The molecule has 4 atom stereocenters. The largest absolute Gasteiger partial charge is 0.356 e. The number of amides is 1. The van der Waals surface area contributed by atoms with Gasteiger partial charge in [0.2, 0.25) is 0 Å². The van der Waals surface area contributed by atoms with Crippen molar-refractivity contribution in [3.8, 4) is 0 Å². The van der Waals surface area contributed by atoms with Crippen molar-refractivity contribution in [2.75, 3.05) is 7.05 Å². The molecule has 2 aromatic rings. The van der Waals surface area contributed by atoms with Crippen LogP contribution in [0.25, 0.3) is 0 Å². The second-order valence-electron chi connectivity index (χ2n) is 5.33. The highest BCUT2D eigenvalue weighted by atomic mass is 35.5. The monoisotopic (exact) mass is 361 g/mol. The highest BCUT2D eigenvalue weighted by molar-refractivity contribution is 7.87. The van der Waals surface area contributed by atoms with Gasteiger partial charge in [0.1, 0.15) is 11.4 Å². The second kappa shape index (κ2) is 6.83. The molecule has 1 heterocycles. The Morgan fingerprint density at radius 2 is 1.71 bits per heavy atom. The molecule has 2 aromatic carbocycles. The fraction of sp³-hybridized carbons (Fsp3) is 0.235. The smallest absolute Gasteiger partial charge is 0.264 e. The molecule has 0 aromatic heterocycles. The number of hydrogen-bond acceptors (Lipinski definition) is 4. The molecule has 1 aliphatic rings. The summed E-state index contributed by atoms with van der Waals surface area (Å²) in [4.78, 5) is 11.4. The molecule has 0 aliphatic carbocycles. The average molecular weight is 362 g/mol. The molecule has 5 nitrogen and oxygen atoms in total. The Balaban J connectivity index is 2.04. The molecule has 3 rings (SSSR count). The van der Waals surface area contributed by atoms with Gasteiger partial charge in [-0.15, -0.1) is 11.6 Å². The maximum atomic E-state index is 13.2. The van der Waals surface area contributed by atoms with Crippen molar-refractivity contribution >= 4 is 28.3 Å². The maximum absolute atomic E-state index is 13.2. The third kappa shape index (κ3) is 2.65. The Bertz CT molecular complexity index is 785. The number of carbonyl (C=O) groups is 1. The van der Waals surface area contributed by atoms with E-state index in [4.69, 9.17) is 11.6 Å². The van der Waals surface area contributed by atoms with Crippen LogP contribution in [0.4, 0.5) is 0 Å². The van der Waals surface area contributed by atoms with E-state index in [0.717, 1.165) is 5.56 Å². The van der Waals surface area contributed by atoms with Crippen molar-refractivity contribution in [2.45, 2.75) is 21.2 Å². The molecule has 0 saturated heterocycles. The Kier molecular flexibility index (Phi) is 4.78. The molecule has 1 amide bonds. The van der Waals surface area contributed by atoms with Crippen LogP contribution in [0.1, 0.15) is 11.6 Å². The number of rotatable bonds is 4. The molecular weight excluding hydrogens is 346 g/mol. The first-order valence-corrected chi connectivity index (χ1v) is 9.00. The van der Waals surface area contributed by atoms with Crippen LogP contribution < -0.4 is 5.32 Å². The first kappa shape index (κ1) is 16.8. The zero-order valence-electron chi connectivity index (χ0n) is 12.9. The summed E-state index contributed by atoms with van der Waals surface area (Å²) in [5, 5.41) is 10.00. The Morgan fingerprint density at radius 3 is 2.29 bits per heavy atom. The van der Waals surface area contributed by atoms with E-state index in [2.05, 4.69) is 15.5 Å². The molecule has 1 N–H and O–H groups in total. The molecule has 7 heteroatoms. The molecule has 0 saturated carbocycles. The lowest BCUT2D eigenvalue weighted by Crippen LogP contribution is -2.52. The van der Waals surface area contributed by atoms with E-state index in [9.17, 15) is 9.00 Å². The van der Waals surface area contributed by atoms with Gasteiger partial charge in [-0.3, -0.25) is 9.00 Å². The van der Waals surface area contributed by atoms with Crippen molar-refractivity contribution in [1.82, 2.24) is 5.32 Å². The zero-order valence-corrected chi connectivity index (χ0v) is 14.5. The summed E-state index contributed by atoms with van der Waals surface area (Å²) in [5.74, 6) is -0.508. The van der Waals surface area contributed by atoms with Gasteiger partial charge < -0.3 is 5.32 Å². The molecule has 24 heavy (non-hydrogen) atoms. The lowest BCUT2D eigenvalue weighted by molar-refractivity contribution is -0.122. The number of halogens is 1. The number of azo groups is 1. The number of nitrogens with one attached hydrogen (secondary N) is 1. The predicted molar refractivity (Wildman–Crippen MR) is 93.3 cm³/mol. The van der Waals surface area contributed by atoms with E-state index < -0.39 is 33.0 Å². The van der Waals surface area contributed by atoms with Gasteiger partial charge in [-0.05, 0) is 17.7 Å². The SMILES string of the molecule is CNC(=O)[C@@]1([S@](=O)c2ccccc2)N=N[C@@H](c2ccccc2)[C@@H]1Cl. The summed E-state index contributed by atoms with van der Waals surface area (Å²) >= 11 is 6.61. The fourth-order valence-electron chi connectivity index (χ4n) is 2.66. The van der Waals surface area contributed by atoms with Crippen LogP contribution in [0.5, 0.6) is 0 Å². The standard InChI is InChI=1S/C17H16ClN3O2S/c1-19-16(22)17(24(23)13-10-6-3-7-11-13)15(18)14(20-21-17)12-8-4-2-5-9-12/h2-11,14-15H,1H3,(H,19,22)/t14-,15-,17+,24+/m0/s1. The van der Waals surface area contributed by atoms with Gasteiger partial charge in [0.05, 0.1) is 10.8 Å². The summed E-state index contributed by atoms with van der Waals surface area (Å²) in [6.45, 7) is 0. The van der Waals surface area contributed by atoms with E-state index in [0.29, 0.717) is 4.90 Å². The van der Waals surface area contributed by atoms with Crippen molar-refractivity contribution in [3.63, 3.8) is 0 Å². The number of nitrogens with zero attached hydrogens (tertiary/aromatic N) is 2. The summed E-state index contributed by atoms with van der Waals surface area (Å²) in [7, 11) is -0.303. The van der Waals surface area contributed by atoms with E-state index in [1.807, 2.05) is 36.4 Å². The van der Waals surface area contributed by atoms with Crippen LogP contribution in [0, 0.1) is 0 Å². The Morgan fingerprint density at radius 1 is 1.12 bits per heavy atom. The minimum atomic E-state index is -1.78. The highest BCUT2D eigenvalue weighted by Gasteiger charge is 2.58. The molecule has 0 unspecified atom stereocenters. The number of alkyl halides is 1. The van der Waals surface area contributed by atoms with Crippen molar-refractivity contribution < 1.29 is 9.00 Å². The summed E-state index contributed by atoms with van der Waals surface area (Å²) in [5.41, 5.74) is 0.831. The first-order valence-electron chi connectivity index (χ1n) is 7.41. The lowest BCUT2D eigenvalue weighted by atomic mass is 10.0. The van der Waals surface area contributed by atoms with Crippen LogP contribution in [-0.2, 0) is 15.6 Å². The first-order chi connectivity index (χ1) is 11.6. The van der Waals surface area contributed by atoms with Crippen molar-refractivity contribution in [3.05, 3.63) is 66.2 Å². The van der Waals surface area contributed by atoms with Crippen molar-refractivity contribution in [1.29, 1.82) is 0 Å². The number of hydrogen-bond donors (Lipinski definition) is 1. The normalized spacial score (nSPS) is 26.9.